The second kappa shape index (κ2) is 5.91. The summed E-state index contributed by atoms with van der Waals surface area (Å²) in [4.78, 5) is 23.3. The van der Waals surface area contributed by atoms with E-state index in [1.54, 1.807) is 0 Å². The molecule has 0 aliphatic carbocycles. The Morgan fingerprint density at radius 2 is 1.95 bits per heavy atom. The average molecular weight is 329 g/mol. The van der Waals surface area contributed by atoms with Crippen LogP contribution in [0.15, 0.2) is 29.2 Å². The molecule has 2 amide bonds. The summed E-state index contributed by atoms with van der Waals surface area (Å²) in [5.74, 6) is 0.00969. The number of nitrogens with one attached hydrogen (secondary N) is 1. The largest absolute Gasteiger partial charge is 0.497 e. The fourth-order valence-electron chi connectivity index (χ4n) is 2.07. The lowest BCUT2D eigenvalue weighted by molar-refractivity contribution is -0.118. The summed E-state index contributed by atoms with van der Waals surface area (Å²) >= 11 is 0. The van der Waals surface area contributed by atoms with Gasteiger partial charge in [0.1, 0.15) is 11.8 Å². The molecule has 1 aromatic carbocycles. The first-order chi connectivity index (χ1) is 10.3. The second-order valence-corrected chi connectivity index (χ2v) is 6.41. The number of benzene rings is 1. The molecule has 0 aromatic heterocycles. The number of amides is 2. The van der Waals surface area contributed by atoms with Gasteiger partial charge >= 0.3 is 6.03 Å². The molecule has 1 unspecified atom stereocenters. The van der Waals surface area contributed by atoms with E-state index in [4.69, 9.17) is 9.94 Å². The molecule has 1 atom stereocenters. The number of hydrogen-bond acceptors (Lipinski definition) is 6. The van der Waals surface area contributed by atoms with Crippen molar-refractivity contribution in [2.45, 2.75) is 17.9 Å². The van der Waals surface area contributed by atoms with Crippen molar-refractivity contribution in [1.29, 1.82) is 0 Å². The molecule has 1 fully saturated rings. The van der Waals surface area contributed by atoms with E-state index in [9.17, 15) is 18.0 Å². The number of rotatable bonds is 3. The minimum absolute atomic E-state index is 0.106. The maximum absolute atomic E-state index is 12.6. The zero-order valence-corrected chi connectivity index (χ0v) is 12.7. The molecule has 2 N–H and O–H groups in total. The molecule has 0 spiro atoms. The first kappa shape index (κ1) is 16.2. The Balaban J connectivity index is 2.42. The van der Waals surface area contributed by atoms with Crippen LogP contribution in [0.1, 0.15) is 6.92 Å². The van der Waals surface area contributed by atoms with E-state index in [0.29, 0.717) is 15.2 Å². The minimum atomic E-state index is -4.12. The monoisotopic (exact) mass is 329 g/mol. The standard InChI is InChI=1S/C12H15N3O6S/c1-8-11(16)7-14(15(8)12(17)13-18)22(19,20)10-5-3-9(21-2)4-6-10/h3-6,8,18H,7H2,1-2H3,(H,13,17). The summed E-state index contributed by atoms with van der Waals surface area (Å²) in [5.41, 5.74) is 1.34. The lowest BCUT2D eigenvalue weighted by Gasteiger charge is -2.28. The van der Waals surface area contributed by atoms with Gasteiger partial charge in [-0.05, 0) is 31.2 Å². The molecule has 0 saturated carbocycles. The quantitative estimate of drug-likeness (QED) is 0.594. The predicted octanol–water partition coefficient (Wildman–Crippen LogP) is -0.0271. The third-order valence-corrected chi connectivity index (χ3v) is 5.03. The van der Waals surface area contributed by atoms with E-state index < -0.39 is 34.4 Å². The van der Waals surface area contributed by atoms with Crippen molar-refractivity contribution in [3.8, 4) is 5.75 Å². The fourth-order valence-corrected chi connectivity index (χ4v) is 3.54. The van der Waals surface area contributed by atoms with Crippen LogP contribution in [-0.4, -0.2) is 54.6 Å². The highest BCUT2D eigenvalue weighted by Gasteiger charge is 2.45. The summed E-state index contributed by atoms with van der Waals surface area (Å²) < 4.78 is 30.8. The highest BCUT2D eigenvalue weighted by Crippen LogP contribution is 2.25. The summed E-state index contributed by atoms with van der Waals surface area (Å²) in [5, 5.41) is 9.40. The number of sulfonamides is 1. The molecule has 120 valence electrons. The van der Waals surface area contributed by atoms with E-state index in [1.807, 2.05) is 0 Å². The number of urea groups is 1. The lowest BCUT2D eigenvalue weighted by atomic mass is 10.2. The van der Waals surface area contributed by atoms with Crippen LogP contribution >= 0.6 is 0 Å². The maximum atomic E-state index is 12.6. The molecule has 0 bridgehead atoms. The summed E-state index contributed by atoms with van der Waals surface area (Å²) in [7, 11) is -2.68. The number of hydrogen-bond donors (Lipinski definition) is 2. The van der Waals surface area contributed by atoms with Gasteiger partial charge in [-0.15, -0.1) is 0 Å². The first-order valence-electron chi connectivity index (χ1n) is 6.25. The van der Waals surface area contributed by atoms with E-state index in [2.05, 4.69) is 0 Å². The number of hydroxylamine groups is 1. The molecular formula is C12H15N3O6S. The highest BCUT2D eigenvalue weighted by molar-refractivity contribution is 7.89. The van der Waals surface area contributed by atoms with Gasteiger partial charge in [-0.3, -0.25) is 10.0 Å². The number of hydrazine groups is 1. The van der Waals surface area contributed by atoms with Crippen LogP contribution < -0.4 is 10.2 Å². The number of nitrogens with zero attached hydrogens (tertiary/aromatic N) is 2. The number of ether oxygens (including phenoxy) is 1. The first-order valence-corrected chi connectivity index (χ1v) is 7.69. The lowest BCUT2D eigenvalue weighted by Crippen LogP contribution is -2.51. The third-order valence-electron chi connectivity index (χ3n) is 3.30. The highest BCUT2D eigenvalue weighted by atomic mass is 32.2. The van der Waals surface area contributed by atoms with Crippen molar-refractivity contribution < 1.29 is 28.0 Å². The van der Waals surface area contributed by atoms with Crippen molar-refractivity contribution in [2.75, 3.05) is 13.7 Å². The SMILES string of the molecule is COc1ccc(S(=O)(=O)N2CC(=O)C(C)N2C(=O)NO)cc1. The van der Waals surface area contributed by atoms with Gasteiger partial charge in [0, 0.05) is 0 Å². The third kappa shape index (κ3) is 2.63. The van der Waals surface area contributed by atoms with Gasteiger partial charge in [0.15, 0.2) is 5.78 Å². The molecule has 10 heteroatoms. The molecule has 0 radical (unpaired) electrons. The molecule has 1 aliphatic rings. The average Bonchev–Trinajstić information content (AvgIpc) is 2.83. The molecule has 1 aromatic rings. The molecule has 1 heterocycles. The minimum Gasteiger partial charge on any atom is -0.497 e. The Morgan fingerprint density at radius 1 is 1.36 bits per heavy atom. The predicted molar refractivity (Wildman–Crippen MR) is 73.5 cm³/mol. The van der Waals surface area contributed by atoms with Crippen molar-refractivity contribution in [3.63, 3.8) is 0 Å². The number of carbonyl (C=O) groups is 2. The summed E-state index contributed by atoms with van der Waals surface area (Å²) in [6.07, 6.45) is 0. The van der Waals surface area contributed by atoms with Crippen LogP contribution in [0.4, 0.5) is 4.79 Å². The molecular weight excluding hydrogens is 314 g/mol. The maximum Gasteiger partial charge on any atom is 0.357 e. The van der Waals surface area contributed by atoms with Gasteiger partial charge in [-0.1, -0.05) is 4.41 Å². The fraction of sp³-hybridized carbons (Fsp3) is 0.333. The summed E-state index contributed by atoms with van der Waals surface area (Å²) in [6, 6.07) is 3.40. The van der Waals surface area contributed by atoms with Crippen molar-refractivity contribution in [3.05, 3.63) is 24.3 Å². The topological polar surface area (TPSA) is 116 Å². The number of Topliss-reactive ketones (excluding diaryl/α,β-unsaturated/α-hetero) is 1. The zero-order valence-electron chi connectivity index (χ0n) is 11.9. The molecule has 9 nitrogen and oxygen atoms in total. The van der Waals surface area contributed by atoms with Crippen LogP contribution in [0.25, 0.3) is 0 Å². The smallest absolute Gasteiger partial charge is 0.357 e. The Labute approximate surface area is 127 Å². The van der Waals surface area contributed by atoms with Crippen molar-refractivity contribution in [2.24, 2.45) is 0 Å². The van der Waals surface area contributed by atoms with Crippen molar-refractivity contribution in [1.82, 2.24) is 14.9 Å². The Bertz CT molecular complexity index is 687. The normalized spacial score (nSPS) is 19.3. The van der Waals surface area contributed by atoms with E-state index in [0.717, 1.165) is 0 Å². The van der Waals surface area contributed by atoms with Gasteiger partial charge in [0.25, 0.3) is 10.0 Å². The van der Waals surface area contributed by atoms with Crippen LogP contribution in [0.2, 0.25) is 0 Å². The second-order valence-electron chi connectivity index (χ2n) is 4.56. The van der Waals surface area contributed by atoms with E-state index in [-0.39, 0.29) is 4.90 Å². The zero-order chi connectivity index (χ0) is 16.5. The Morgan fingerprint density at radius 3 is 2.45 bits per heavy atom. The van der Waals surface area contributed by atoms with Gasteiger partial charge in [0.05, 0.1) is 18.6 Å². The van der Waals surface area contributed by atoms with Gasteiger partial charge in [-0.2, -0.15) is 0 Å². The van der Waals surface area contributed by atoms with Crippen LogP contribution in [0.5, 0.6) is 5.75 Å². The van der Waals surface area contributed by atoms with Crippen LogP contribution in [0.3, 0.4) is 0 Å². The van der Waals surface area contributed by atoms with Crippen LogP contribution in [0, 0.1) is 0 Å². The number of methoxy groups -OCH3 is 1. The van der Waals surface area contributed by atoms with E-state index >= 15 is 0 Å². The summed E-state index contributed by atoms with van der Waals surface area (Å²) in [6.45, 7) is 0.893. The van der Waals surface area contributed by atoms with Gasteiger partial charge < -0.3 is 4.74 Å². The van der Waals surface area contributed by atoms with Crippen LogP contribution in [-0.2, 0) is 14.8 Å². The van der Waals surface area contributed by atoms with Crippen molar-refractivity contribution >= 4 is 21.8 Å². The molecule has 1 saturated heterocycles. The van der Waals surface area contributed by atoms with Gasteiger partial charge in [-0.25, -0.2) is 23.7 Å². The van der Waals surface area contributed by atoms with Gasteiger partial charge in [0.2, 0.25) is 0 Å². The molecule has 1 aliphatic heterocycles. The number of carbonyl (C=O) groups excluding carboxylic acids is 2. The number of ketones is 1. The Hall–Kier alpha value is -2.17. The Kier molecular flexibility index (Phi) is 4.35. The molecule has 22 heavy (non-hydrogen) atoms. The van der Waals surface area contributed by atoms with E-state index in [1.165, 1.54) is 43.8 Å². The molecule has 2 rings (SSSR count).